The molecule has 0 saturated carbocycles. The van der Waals surface area contributed by atoms with E-state index < -0.39 is 0 Å². The fourth-order valence-corrected chi connectivity index (χ4v) is 1.71. The highest BCUT2D eigenvalue weighted by Gasteiger charge is 2.01. The van der Waals surface area contributed by atoms with Crippen LogP contribution in [0.15, 0.2) is 42.7 Å². The first-order chi connectivity index (χ1) is 6.84. The van der Waals surface area contributed by atoms with Crippen LogP contribution in [0.2, 0.25) is 0 Å². The molecule has 0 saturated heterocycles. The van der Waals surface area contributed by atoms with Crippen LogP contribution in [-0.2, 0) is 0 Å². The SMILES string of the molecule is Nn1cnc2cc3ccccc3cc21. The predicted octanol–water partition coefficient (Wildman–Crippen LogP) is 1.90. The number of hydrogen-bond donors (Lipinski definition) is 1. The molecular weight excluding hydrogens is 174 g/mol. The lowest BCUT2D eigenvalue weighted by atomic mass is 10.1. The standard InChI is InChI=1S/C11H9N3/c12-14-7-13-10-5-8-3-1-2-4-9(8)6-11(10)14/h1-7H,12H2. The number of rotatable bonds is 0. The second-order valence-electron chi connectivity index (χ2n) is 3.34. The van der Waals surface area contributed by atoms with Crippen molar-refractivity contribution in [3.8, 4) is 0 Å². The third kappa shape index (κ3) is 0.893. The van der Waals surface area contributed by atoms with Crippen molar-refractivity contribution in [1.82, 2.24) is 9.66 Å². The van der Waals surface area contributed by atoms with Gasteiger partial charge in [-0.05, 0) is 22.9 Å². The predicted molar refractivity (Wildman–Crippen MR) is 57.4 cm³/mol. The van der Waals surface area contributed by atoms with Crippen LogP contribution in [0.4, 0.5) is 0 Å². The first kappa shape index (κ1) is 7.38. The van der Waals surface area contributed by atoms with Gasteiger partial charge < -0.3 is 5.84 Å². The average Bonchev–Trinajstić information content (AvgIpc) is 2.57. The Morgan fingerprint density at radius 3 is 2.57 bits per heavy atom. The molecule has 1 aromatic heterocycles. The molecule has 1 heterocycles. The summed E-state index contributed by atoms with van der Waals surface area (Å²) >= 11 is 0. The third-order valence-electron chi connectivity index (χ3n) is 2.44. The smallest absolute Gasteiger partial charge is 0.115 e. The zero-order valence-corrected chi connectivity index (χ0v) is 7.51. The number of nitrogens with zero attached hydrogens (tertiary/aromatic N) is 2. The molecule has 3 heteroatoms. The molecule has 0 aliphatic rings. The Labute approximate surface area is 80.7 Å². The van der Waals surface area contributed by atoms with Gasteiger partial charge in [0, 0.05) is 0 Å². The molecule has 0 aliphatic heterocycles. The molecule has 68 valence electrons. The maximum atomic E-state index is 5.72. The normalized spacial score (nSPS) is 11.1. The number of nitrogens with two attached hydrogens (primary N) is 1. The van der Waals surface area contributed by atoms with Crippen molar-refractivity contribution in [1.29, 1.82) is 0 Å². The minimum Gasteiger partial charge on any atom is -0.338 e. The molecule has 2 N–H and O–H groups in total. The third-order valence-corrected chi connectivity index (χ3v) is 2.44. The number of aromatic nitrogens is 2. The van der Waals surface area contributed by atoms with Crippen LogP contribution >= 0.6 is 0 Å². The molecule has 0 unspecified atom stereocenters. The zero-order valence-electron chi connectivity index (χ0n) is 7.51. The van der Waals surface area contributed by atoms with Crippen LogP contribution in [0.25, 0.3) is 21.8 Å². The van der Waals surface area contributed by atoms with Gasteiger partial charge in [0.1, 0.15) is 6.33 Å². The van der Waals surface area contributed by atoms with Crippen LogP contribution in [0.5, 0.6) is 0 Å². The molecule has 0 radical (unpaired) electrons. The van der Waals surface area contributed by atoms with E-state index in [1.165, 1.54) is 10.8 Å². The second-order valence-corrected chi connectivity index (χ2v) is 3.34. The van der Waals surface area contributed by atoms with Gasteiger partial charge in [-0.2, -0.15) is 0 Å². The average molecular weight is 183 g/mol. The van der Waals surface area contributed by atoms with Gasteiger partial charge in [0.25, 0.3) is 0 Å². The summed E-state index contributed by atoms with van der Waals surface area (Å²) in [5, 5.41) is 2.38. The molecule has 3 nitrogen and oxygen atoms in total. The number of nitrogen functional groups attached to an aromatic ring is 1. The Morgan fingerprint density at radius 1 is 1.07 bits per heavy atom. The van der Waals surface area contributed by atoms with E-state index in [4.69, 9.17) is 5.84 Å². The van der Waals surface area contributed by atoms with E-state index in [1.807, 2.05) is 18.2 Å². The van der Waals surface area contributed by atoms with Crippen LogP contribution in [0.3, 0.4) is 0 Å². The van der Waals surface area contributed by atoms with Crippen LogP contribution < -0.4 is 5.84 Å². The van der Waals surface area contributed by atoms with Gasteiger partial charge in [0.15, 0.2) is 0 Å². The minimum absolute atomic E-state index is 0.936. The summed E-state index contributed by atoms with van der Waals surface area (Å²) in [7, 11) is 0. The molecule has 3 aromatic rings. The van der Waals surface area contributed by atoms with E-state index in [1.54, 1.807) is 11.0 Å². The van der Waals surface area contributed by atoms with Gasteiger partial charge in [-0.3, -0.25) is 0 Å². The highest BCUT2D eigenvalue weighted by Crippen LogP contribution is 2.20. The summed E-state index contributed by atoms with van der Waals surface area (Å²) in [5.41, 5.74) is 1.90. The number of imidazole rings is 1. The molecule has 0 fully saturated rings. The summed E-state index contributed by atoms with van der Waals surface area (Å²) in [4.78, 5) is 4.21. The monoisotopic (exact) mass is 183 g/mol. The first-order valence-corrected chi connectivity index (χ1v) is 4.45. The van der Waals surface area contributed by atoms with Crippen molar-refractivity contribution in [3.05, 3.63) is 42.7 Å². The van der Waals surface area contributed by atoms with Gasteiger partial charge in [0.05, 0.1) is 11.0 Å². The Morgan fingerprint density at radius 2 is 1.79 bits per heavy atom. The molecule has 0 aliphatic carbocycles. The largest absolute Gasteiger partial charge is 0.338 e. The van der Waals surface area contributed by atoms with E-state index in [0.29, 0.717) is 0 Å². The van der Waals surface area contributed by atoms with E-state index in [0.717, 1.165) is 11.0 Å². The number of benzene rings is 2. The Bertz CT molecular complexity index is 610. The Balaban J connectivity index is 2.54. The van der Waals surface area contributed by atoms with Crippen molar-refractivity contribution < 1.29 is 0 Å². The lowest BCUT2D eigenvalue weighted by molar-refractivity contribution is 1.04. The molecule has 2 aromatic carbocycles. The highest BCUT2D eigenvalue weighted by atomic mass is 15.3. The molecular formula is C11H9N3. The van der Waals surface area contributed by atoms with Gasteiger partial charge in [-0.1, -0.05) is 24.3 Å². The summed E-state index contributed by atoms with van der Waals surface area (Å²) < 4.78 is 1.54. The van der Waals surface area contributed by atoms with Gasteiger partial charge in [-0.15, -0.1) is 0 Å². The Hall–Kier alpha value is -2.03. The van der Waals surface area contributed by atoms with Crippen molar-refractivity contribution in [2.24, 2.45) is 0 Å². The fraction of sp³-hybridized carbons (Fsp3) is 0. The highest BCUT2D eigenvalue weighted by molar-refractivity contribution is 5.95. The van der Waals surface area contributed by atoms with Crippen molar-refractivity contribution in [3.63, 3.8) is 0 Å². The van der Waals surface area contributed by atoms with Gasteiger partial charge in [0.2, 0.25) is 0 Å². The number of fused-ring (bicyclic) bond motifs is 2. The molecule has 0 atom stereocenters. The van der Waals surface area contributed by atoms with Crippen molar-refractivity contribution >= 4 is 21.8 Å². The van der Waals surface area contributed by atoms with E-state index in [2.05, 4.69) is 23.2 Å². The molecule has 14 heavy (non-hydrogen) atoms. The first-order valence-electron chi connectivity index (χ1n) is 4.45. The molecule has 3 rings (SSSR count). The van der Waals surface area contributed by atoms with Crippen LogP contribution in [0, 0.1) is 0 Å². The molecule has 0 bridgehead atoms. The van der Waals surface area contributed by atoms with Crippen molar-refractivity contribution in [2.45, 2.75) is 0 Å². The molecule has 0 spiro atoms. The van der Waals surface area contributed by atoms with E-state index in [9.17, 15) is 0 Å². The zero-order chi connectivity index (χ0) is 9.54. The van der Waals surface area contributed by atoms with E-state index >= 15 is 0 Å². The molecule has 0 amide bonds. The topological polar surface area (TPSA) is 43.8 Å². The maximum absolute atomic E-state index is 5.72. The van der Waals surface area contributed by atoms with Gasteiger partial charge >= 0.3 is 0 Å². The Kier molecular flexibility index (Phi) is 1.31. The quantitative estimate of drug-likeness (QED) is 0.541. The summed E-state index contributed by atoms with van der Waals surface area (Å²) in [6.45, 7) is 0. The summed E-state index contributed by atoms with van der Waals surface area (Å²) in [6.07, 6.45) is 1.63. The lowest BCUT2D eigenvalue weighted by Crippen LogP contribution is -2.04. The number of hydrogen-bond acceptors (Lipinski definition) is 2. The minimum atomic E-state index is 0.936. The second kappa shape index (κ2) is 2.48. The summed E-state index contributed by atoms with van der Waals surface area (Å²) in [6, 6.07) is 12.3. The van der Waals surface area contributed by atoms with Crippen molar-refractivity contribution in [2.75, 3.05) is 5.84 Å². The van der Waals surface area contributed by atoms with Crippen LogP contribution in [0.1, 0.15) is 0 Å². The fourth-order valence-electron chi connectivity index (χ4n) is 1.71. The van der Waals surface area contributed by atoms with Crippen LogP contribution in [-0.4, -0.2) is 9.66 Å². The maximum Gasteiger partial charge on any atom is 0.115 e. The lowest BCUT2D eigenvalue weighted by Gasteiger charge is -1.98. The van der Waals surface area contributed by atoms with Gasteiger partial charge in [-0.25, -0.2) is 9.66 Å². The summed E-state index contributed by atoms with van der Waals surface area (Å²) in [5.74, 6) is 5.72. The van der Waals surface area contributed by atoms with E-state index in [-0.39, 0.29) is 0 Å².